The molecule has 200 valence electrons. The smallest absolute Gasteiger partial charge is 0.167 e. The Morgan fingerprint density at radius 1 is 1.11 bits per heavy atom. The molecule has 38 heavy (non-hydrogen) atoms. The van der Waals surface area contributed by atoms with Crippen molar-refractivity contribution in [3.63, 3.8) is 0 Å². The predicted molar refractivity (Wildman–Crippen MR) is 149 cm³/mol. The van der Waals surface area contributed by atoms with Crippen LogP contribution in [0.1, 0.15) is 32.6 Å². The summed E-state index contributed by atoms with van der Waals surface area (Å²) in [7, 11) is 3.76. The molecule has 6 rings (SSSR count). The maximum atomic E-state index is 14.3. The number of fused-ring (bicyclic) bond motifs is 3. The third-order valence-electron chi connectivity index (χ3n) is 8.89. The van der Waals surface area contributed by atoms with Crippen molar-refractivity contribution in [3.05, 3.63) is 42.1 Å². The van der Waals surface area contributed by atoms with Crippen LogP contribution in [-0.4, -0.2) is 94.6 Å². The number of pyridine rings is 1. The van der Waals surface area contributed by atoms with Gasteiger partial charge in [0.05, 0.1) is 18.8 Å². The van der Waals surface area contributed by atoms with Gasteiger partial charge in [-0.25, -0.2) is 14.1 Å². The molecule has 3 aromatic rings. The molecule has 0 N–H and O–H groups in total. The molecule has 2 bridgehead atoms. The number of ether oxygens (including phenoxy) is 1. The Hall–Kier alpha value is -3.30. The fourth-order valence-corrected chi connectivity index (χ4v) is 6.62. The van der Waals surface area contributed by atoms with Gasteiger partial charge in [0.2, 0.25) is 0 Å². The average molecular weight is 518 g/mol. The molecule has 1 aromatic carbocycles. The van der Waals surface area contributed by atoms with Crippen LogP contribution in [0.4, 0.5) is 10.2 Å². The first-order valence-corrected chi connectivity index (χ1v) is 13.5. The maximum absolute atomic E-state index is 14.3. The van der Waals surface area contributed by atoms with Crippen molar-refractivity contribution in [2.75, 3.05) is 40.3 Å². The number of allylic oxidation sites excluding steroid dienone is 1. The second-order valence-corrected chi connectivity index (χ2v) is 10.8. The second-order valence-electron chi connectivity index (χ2n) is 10.8. The normalized spacial score (nSPS) is 23.4. The van der Waals surface area contributed by atoms with Gasteiger partial charge in [-0.05, 0) is 64.1 Å². The molecule has 3 fully saturated rings. The molecule has 2 aromatic heterocycles. The number of piperazine rings is 1. The maximum Gasteiger partial charge on any atom is 0.167 e. The highest BCUT2D eigenvalue weighted by Gasteiger charge is 2.40. The molecule has 9 heteroatoms. The van der Waals surface area contributed by atoms with Gasteiger partial charge in [0.15, 0.2) is 17.4 Å². The van der Waals surface area contributed by atoms with E-state index in [1.54, 1.807) is 23.1 Å². The molecule has 8 nitrogen and oxygen atoms in total. The molecule has 0 amide bonds. The highest BCUT2D eigenvalue weighted by molar-refractivity contribution is 5.97. The summed E-state index contributed by atoms with van der Waals surface area (Å²) >= 11 is 0. The number of methoxy groups -OCH3 is 1. The van der Waals surface area contributed by atoms with Crippen molar-refractivity contribution in [2.45, 2.75) is 50.7 Å². The Balaban J connectivity index is 1.20. The van der Waals surface area contributed by atoms with Gasteiger partial charge in [-0.3, -0.25) is 14.8 Å². The Morgan fingerprint density at radius 3 is 2.53 bits per heavy atom. The molecule has 3 saturated heterocycles. The molecule has 3 aliphatic rings. The number of aromatic nitrogens is 3. The van der Waals surface area contributed by atoms with Crippen molar-refractivity contribution in [3.8, 4) is 16.9 Å². The SMILES string of the molecule is C=Nc1c(-c2ccnc3cc(F)c(OC)cc23)cnn1/C=C(\C)N1CCC(N2CC3CCC(C2)N3C)CC1. The van der Waals surface area contributed by atoms with Gasteiger partial charge in [-0.15, -0.1) is 0 Å². The number of hydrogen-bond acceptors (Lipinski definition) is 7. The van der Waals surface area contributed by atoms with Crippen LogP contribution in [0.5, 0.6) is 5.75 Å². The highest BCUT2D eigenvalue weighted by Crippen LogP contribution is 2.37. The van der Waals surface area contributed by atoms with Crippen molar-refractivity contribution in [2.24, 2.45) is 4.99 Å². The van der Waals surface area contributed by atoms with E-state index in [0.29, 0.717) is 17.4 Å². The van der Waals surface area contributed by atoms with Crippen LogP contribution in [0.25, 0.3) is 28.2 Å². The predicted octanol–water partition coefficient (Wildman–Crippen LogP) is 4.64. The summed E-state index contributed by atoms with van der Waals surface area (Å²) in [6, 6.07) is 7.12. The van der Waals surface area contributed by atoms with Crippen molar-refractivity contribution >= 4 is 29.6 Å². The molecule has 0 radical (unpaired) electrons. The largest absolute Gasteiger partial charge is 0.494 e. The molecule has 0 saturated carbocycles. The van der Waals surface area contributed by atoms with Gasteiger partial charge >= 0.3 is 0 Å². The van der Waals surface area contributed by atoms with E-state index in [1.807, 2.05) is 12.3 Å². The summed E-state index contributed by atoms with van der Waals surface area (Å²) in [6.45, 7) is 10.5. The lowest BCUT2D eigenvalue weighted by atomic mass is 10.0. The van der Waals surface area contributed by atoms with E-state index in [-0.39, 0.29) is 5.75 Å². The van der Waals surface area contributed by atoms with E-state index in [1.165, 1.54) is 51.9 Å². The zero-order valence-corrected chi connectivity index (χ0v) is 22.5. The van der Waals surface area contributed by atoms with Gasteiger partial charge in [-0.1, -0.05) is 0 Å². The minimum absolute atomic E-state index is 0.177. The van der Waals surface area contributed by atoms with Crippen LogP contribution in [0, 0.1) is 5.82 Å². The lowest BCUT2D eigenvalue weighted by molar-refractivity contribution is 0.0363. The summed E-state index contributed by atoms with van der Waals surface area (Å²) in [5.41, 5.74) is 3.37. The summed E-state index contributed by atoms with van der Waals surface area (Å²) in [5.74, 6) is 0.378. The van der Waals surface area contributed by atoms with E-state index in [9.17, 15) is 4.39 Å². The number of benzene rings is 1. The monoisotopic (exact) mass is 517 g/mol. The number of aliphatic imine (C=N–C) groups is 1. The molecule has 3 aliphatic heterocycles. The van der Waals surface area contributed by atoms with Crippen LogP contribution in [-0.2, 0) is 0 Å². The zero-order chi connectivity index (χ0) is 26.4. The molecule has 0 spiro atoms. The number of hydrogen-bond donors (Lipinski definition) is 0. The van der Waals surface area contributed by atoms with Crippen molar-refractivity contribution < 1.29 is 9.13 Å². The van der Waals surface area contributed by atoms with Crippen molar-refractivity contribution in [1.82, 2.24) is 29.5 Å². The summed E-state index contributed by atoms with van der Waals surface area (Å²) in [4.78, 5) is 16.5. The van der Waals surface area contributed by atoms with Gasteiger partial charge in [-0.2, -0.15) is 5.10 Å². The van der Waals surface area contributed by atoms with Crippen molar-refractivity contribution in [1.29, 1.82) is 0 Å². The molecule has 0 aliphatic carbocycles. The lowest BCUT2D eigenvalue weighted by Crippen LogP contribution is -2.56. The van der Waals surface area contributed by atoms with E-state index in [2.05, 4.69) is 50.5 Å². The first kappa shape index (κ1) is 25.0. The lowest BCUT2D eigenvalue weighted by Gasteiger charge is -2.45. The Morgan fingerprint density at radius 2 is 1.84 bits per heavy atom. The molecular weight excluding hydrogens is 481 g/mol. The third-order valence-corrected chi connectivity index (χ3v) is 8.89. The van der Waals surface area contributed by atoms with E-state index in [0.717, 1.165) is 47.4 Å². The van der Waals surface area contributed by atoms with E-state index < -0.39 is 5.82 Å². The van der Waals surface area contributed by atoms with Crippen LogP contribution in [0.2, 0.25) is 0 Å². The zero-order valence-electron chi connectivity index (χ0n) is 22.5. The van der Waals surface area contributed by atoms with Gasteiger partial charge in [0, 0.05) is 79.4 Å². The average Bonchev–Trinajstić information content (AvgIpc) is 3.40. The molecular formula is C29H36FN7O. The van der Waals surface area contributed by atoms with E-state index in [4.69, 9.17) is 4.74 Å². The molecule has 2 atom stereocenters. The number of nitrogens with zero attached hydrogens (tertiary/aromatic N) is 7. The van der Waals surface area contributed by atoms with Gasteiger partial charge in [0.1, 0.15) is 0 Å². The molecule has 5 heterocycles. The Bertz CT molecular complexity index is 1360. The number of halogens is 1. The van der Waals surface area contributed by atoms with Crippen LogP contribution in [0.3, 0.4) is 0 Å². The number of likely N-dealkylation sites (N-methyl/N-ethyl adjacent to an activating group) is 1. The first-order valence-electron chi connectivity index (χ1n) is 13.5. The van der Waals surface area contributed by atoms with Gasteiger partial charge < -0.3 is 9.64 Å². The minimum Gasteiger partial charge on any atom is -0.494 e. The third kappa shape index (κ3) is 4.37. The fraction of sp³-hybridized carbons (Fsp3) is 0.483. The van der Waals surface area contributed by atoms with Gasteiger partial charge in [0.25, 0.3) is 0 Å². The topological polar surface area (TPSA) is 62.0 Å². The Labute approximate surface area is 223 Å². The van der Waals surface area contributed by atoms with E-state index >= 15 is 0 Å². The number of rotatable bonds is 6. The summed E-state index contributed by atoms with van der Waals surface area (Å²) in [5, 5.41) is 5.40. The standard InChI is InChI=1S/C29H36FN7O/c1-19(35-11-8-20(9-12-35)36-17-21-5-6-22(18-36)34(21)3)16-37-29(31-2)25(15-33-37)23-7-10-32-27-14-26(30)28(38-4)13-24(23)27/h7,10,13-16,20-22H,2,5-6,8-9,11-12,17-18H2,1,3-4H3/b19-16+. The second kappa shape index (κ2) is 10.1. The quantitative estimate of drug-likeness (QED) is 0.444. The van der Waals surface area contributed by atoms with Crippen LogP contribution in [0.15, 0.2) is 41.3 Å². The van der Waals surface area contributed by atoms with Crippen LogP contribution < -0.4 is 4.74 Å². The molecule has 2 unspecified atom stereocenters. The first-order chi connectivity index (χ1) is 18.5. The number of piperidine rings is 1. The van der Waals surface area contributed by atoms with Crippen LogP contribution >= 0.6 is 0 Å². The Kier molecular flexibility index (Phi) is 6.65. The summed E-state index contributed by atoms with van der Waals surface area (Å²) < 4.78 is 21.3. The number of likely N-dealkylation sites (tertiary alicyclic amines) is 2. The minimum atomic E-state index is -0.440. The highest BCUT2D eigenvalue weighted by atomic mass is 19.1. The fourth-order valence-electron chi connectivity index (χ4n) is 6.62. The summed E-state index contributed by atoms with van der Waals surface area (Å²) in [6.07, 6.45) is 10.6.